The third-order valence-electron chi connectivity index (χ3n) is 3.02. The van der Waals surface area contributed by atoms with E-state index in [-0.39, 0.29) is 0 Å². The lowest BCUT2D eigenvalue weighted by atomic mass is 10.1. The van der Waals surface area contributed by atoms with Crippen LogP contribution in [0.15, 0.2) is 24.3 Å². The lowest BCUT2D eigenvalue weighted by Crippen LogP contribution is -2.28. The van der Waals surface area contributed by atoms with Crippen molar-refractivity contribution in [3.05, 3.63) is 29.8 Å². The van der Waals surface area contributed by atoms with Gasteiger partial charge in [-0.2, -0.15) is 0 Å². The Morgan fingerprint density at radius 3 is 2.29 bits per heavy atom. The van der Waals surface area contributed by atoms with E-state index >= 15 is 0 Å². The van der Waals surface area contributed by atoms with Crippen molar-refractivity contribution in [1.82, 2.24) is 5.32 Å². The van der Waals surface area contributed by atoms with Crippen LogP contribution in [-0.4, -0.2) is 17.7 Å². The minimum absolute atomic E-state index is 0.344. The van der Waals surface area contributed by atoms with Crippen LogP contribution in [0.1, 0.15) is 39.2 Å². The monoisotopic (exact) mass is 235 g/mol. The van der Waals surface area contributed by atoms with Gasteiger partial charge in [-0.3, -0.25) is 0 Å². The van der Waals surface area contributed by atoms with E-state index in [1.54, 1.807) is 12.1 Å². The maximum absolute atomic E-state index is 9.19. The number of aryl methyl sites for hydroxylation is 1. The van der Waals surface area contributed by atoms with Gasteiger partial charge in [0, 0.05) is 6.04 Å². The number of phenols is 1. The Morgan fingerprint density at radius 1 is 1.06 bits per heavy atom. The van der Waals surface area contributed by atoms with E-state index < -0.39 is 0 Å². The minimum atomic E-state index is 0.344. The molecule has 0 saturated heterocycles. The summed E-state index contributed by atoms with van der Waals surface area (Å²) in [6.45, 7) is 7.85. The molecule has 0 aromatic heterocycles. The molecular formula is C15H25NO. The number of rotatable bonds is 7. The van der Waals surface area contributed by atoms with Gasteiger partial charge < -0.3 is 10.4 Å². The van der Waals surface area contributed by atoms with Crippen LogP contribution in [0.5, 0.6) is 5.75 Å². The van der Waals surface area contributed by atoms with E-state index in [1.807, 2.05) is 12.1 Å². The second-order valence-electron chi connectivity index (χ2n) is 5.24. The first-order valence-electron chi connectivity index (χ1n) is 6.59. The molecule has 2 nitrogen and oxygen atoms in total. The van der Waals surface area contributed by atoms with Gasteiger partial charge in [-0.05, 0) is 56.3 Å². The van der Waals surface area contributed by atoms with Gasteiger partial charge in [-0.15, -0.1) is 0 Å². The van der Waals surface area contributed by atoms with Crippen molar-refractivity contribution in [2.24, 2.45) is 5.92 Å². The Labute approximate surface area is 105 Å². The molecule has 2 heteroatoms. The number of phenolic OH excluding ortho intramolecular Hbond substituents is 1. The van der Waals surface area contributed by atoms with Crippen LogP contribution in [0.4, 0.5) is 0 Å². The first-order valence-corrected chi connectivity index (χ1v) is 6.59. The molecule has 1 atom stereocenters. The van der Waals surface area contributed by atoms with Gasteiger partial charge in [0.15, 0.2) is 0 Å². The fourth-order valence-corrected chi connectivity index (χ4v) is 1.77. The zero-order chi connectivity index (χ0) is 12.7. The van der Waals surface area contributed by atoms with E-state index in [1.165, 1.54) is 12.0 Å². The Hall–Kier alpha value is -1.02. The van der Waals surface area contributed by atoms with Crippen molar-refractivity contribution in [3.63, 3.8) is 0 Å². The van der Waals surface area contributed by atoms with E-state index in [4.69, 9.17) is 0 Å². The summed E-state index contributed by atoms with van der Waals surface area (Å²) in [6, 6.07) is 8.06. The van der Waals surface area contributed by atoms with E-state index in [0.717, 1.165) is 25.3 Å². The lowest BCUT2D eigenvalue weighted by Gasteiger charge is -2.14. The number of nitrogens with one attached hydrogen (secondary N) is 1. The second kappa shape index (κ2) is 7.33. The highest BCUT2D eigenvalue weighted by Crippen LogP contribution is 2.11. The summed E-state index contributed by atoms with van der Waals surface area (Å²) in [5, 5.41) is 12.7. The zero-order valence-electron chi connectivity index (χ0n) is 11.2. The van der Waals surface area contributed by atoms with Gasteiger partial charge in [0.25, 0.3) is 0 Å². The maximum atomic E-state index is 9.19. The van der Waals surface area contributed by atoms with Crippen molar-refractivity contribution in [1.29, 1.82) is 0 Å². The molecule has 0 aliphatic carbocycles. The second-order valence-corrected chi connectivity index (χ2v) is 5.24. The summed E-state index contributed by atoms with van der Waals surface area (Å²) in [5.74, 6) is 1.11. The molecule has 0 heterocycles. The standard InChI is InChI=1S/C15H25NO/c1-12(2)10-11-16-13(3)4-5-14-6-8-15(17)9-7-14/h6-9,12-13,16-17H,4-5,10-11H2,1-3H3. The summed E-state index contributed by atoms with van der Waals surface area (Å²) < 4.78 is 0. The van der Waals surface area contributed by atoms with E-state index in [9.17, 15) is 5.11 Å². The largest absolute Gasteiger partial charge is 0.508 e. The molecule has 0 bridgehead atoms. The smallest absolute Gasteiger partial charge is 0.115 e. The maximum Gasteiger partial charge on any atom is 0.115 e. The van der Waals surface area contributed by atoms with Gasteiger partial charge in [0.2, 0.25) is 0 Å². The molecule has 0 fully saturated rings. The number of aromatic hydroxyl groups is 1. The Kier molecular flexibility index (Phi) is 6.06. The van der Waals surface area contributed by atoms with E-state index in [2.05, 4.69) is 26.1 Å². The summed E-state index contributed by atoms with van der Waals surface area (Å²) >= 11 is 0. The Balaban J connectivity index is 2.19. The SMILES string of the molecule is CC(C)CCNC(C)CCc1ccc(O)cc1. The van der Waals surface area contributed by atoms with Crippen molar-refractivity contribution in [2.75, 3.05) is 6.54 Å². The molecule has 0 aliphatic rings. The quantitative estimate of drug-likeness (QED) is 0.759. The summed E-state index contributed by atoms with van der Waals surface area (Å²) in [7, 11) is 0. The number of benzene rings is 1. The van der Waals surface area contributed by atoms with Gasteiger partial charge >= 0.3 is 0 Å². The fourth-order valence-electron chi connectivity index (χ4n) is 1.77. The molecule has 0 radical (unpaired) electrons. The molecule has 1 rings (SSSR count). The Bertz CT molecular complexity index is 305. The molecule has 0 spiro atoms. The molecule has 0 aliphatic heterocycles. The van der Waals surface area contributed by atoms with Crippen molar-refractivity contribution in [3.8, 4) is 5.75 Å². The molecular weight excluding hydrogens is 210 g/mol. The average molecular weight is 235 g/mol. The normalized spacial score (nSPS) is 12.9. The molecule has 2 N–H and O–H groups in total. The first kappa shape index (κ1) is 14.0. The predicted octanol–water partition coefficient (Wildman–Crippen LogP) is 3.35. The van der Waals surface area contributed by atoms with Gasteiger partial charge in [0.1, 0.15) is 5.75 Å². The molecule has 96 valence electrons. The zero-order valence-corrected chi connectivity index (χ0v) is 11.2. The number of hydrogen-bond acceptors (Lipinski definition) is 2. The highest BCUT2D eigenvalue weighted by molar-refractivity contribution is 5.25. The third kappa shape index (κ3) is 6.32. The predicted molar refractivity (Wildman–Crippen MR) is 73.3 cm³/mol. The molecule has 0 amide bonds. The van der Waals surface area contributed by atoms with Crippen LogP contribution in [0.3, 0.4) is 0 Å². The van der Waals surface area contributed by atoms with Gasteiger partial charge in [0.05, 0.1) is 0 Å². The first-order chi connectivity index (χ1) is 8.08. The molecule has 0 saturated carbocycles. The lowest BCUT2D eigenvalue weighted by molar-refractivity contribution is 0.468. The van der Waals surface area contributed by atoms with Crippen molar-refractivity contribution >= 4 is 0 Å². The highest BCUT2D eigenvalue weighted by atomic mass is 16.3. The van der Waals surface area contributed by atoms with Crippen LogP contribution in [0, 0.1) is 5.92 Å². The molecule has 17 heavy (non-hydrogen) atoms. The van der Waals surface area contributed by atoms with Gasteiger partial charge in [-0.1, -0.05) is 26.0 Å². The summed E-state index contributed by atoms with van der Waals surface area (Å²) in [6.07, 6.45) is 3.45. The van der Waals surface area contributed by atoms with Crippen LogP contribution in [-0.2, 0) is 6.42 Å². The van der Waals surface area contributed by atoms with E-state index in [0.29, 0.717) is 11.8 Å². The van der Waals surface area contributed by atoms with Crippen LogP contribution < -0.4 is 5.32 Å². The van der Waals surface area contributed by atoms with Crippen molar-refractivity contribution in [2.45, 2.75) is 46.1 Å². The van der Waals surface area contributed by atoms with Crippen LogP contribution in [0.2, 0.25) is 0 Å². The van der Waals surface area contributed by atoms with Gasteiger partial charge in [-0.25, -0.2) is 0 Å². The third-order valence-corrected chi connectivity index (χ3v) is 3.02. The van der Waals surface area contributed by atoms with Crippen LogP contribution in [0.25, 0.3) is 0 Å². The molecule has 1 unspecified atom stereocenters. The Morgan fingerprint density at radius 2 is 1.71 bits per heavy atom. The molecule has 1 aromatic rings. The highest BCUT2D eigenvalue weighted by Gasteiger charge is 2.02. The summed E-state index contributed by atoms with van der Waals surface area (Å²) in [5.41, 5.74) is 1.29. The van der Waals surface area contributed by atoms with Crippen LogP contribution >= 0.6 is 0 Å². The van der Waals surface area contributed by atoms with Crippen molar-refractivity contribution < 1.29 is 5.11 Å². The topological polar surface area (TPSA) is 32.3 Å². The fraction of sp³-hybridized carbons (Fsp3) is 0.600. The number of hydrogen-bond donors (Lipinski definition) is 2. The minimum Gasteiger partial charge on any atom is -0.508 e. The summed E-state index contributed by atoms with van der Waals surface area (Å²) in [4.78, 5) is 0. The average Bonchev–Trinajstić information content (AvgIpc) is 2.28. The molecule has 1 aromatic carbocycles.